The number of benzene rings is 3. The van der Waals surface area contributed by atoms with Gasteiger partial charge in [-0.3, -0.25) is 0 Å². The van der Waals surface area contributed by atoms with Gasteiger partial charge < -0.3 is 9.47 Å². The summed E-state index contributed by atoms with van der Waals surface area (Å²) in [4.78, 5) is 0. The molecule has 0 spiro atoms. The van der Waals surface area contributed by atoms with Crippen LogP contribution in [-0.2, 0) is 12.8 Å². The number of aryl methyl sites for hydroxylation is 5. The van der Waals surface area contributed by atoms with Crippen molar-refractivity contribution >= 4 is 18.2 Å². The molecule has 0 fully saturated rings. The van der Waals surface area contributed by atoms with Gasteiger partial charge >= 0.3 is 0 Å². The third-order valence-corrected chi connectivity index (χ3v) is 7.07. The number of allylic oxidation sites excluding steroid dienone is 3. The van der Waals surface area contributed by atoms with Gasteiger partial charge in [0.05, 0.1) is 14.2 Å². The lowest BCUT2D eigenvalue weighted by Crippen LogP contribution is -1.97. The molecule has 3 rings (SSSR count). The van der Waals surface area contributed by atoms with Crippen LogP contribution in [0.2, 0.25) is 0 Å². The van der Waals surface area contributed by atoms with Gasteiger partial charge in [0.1, 0.15) is 11.5 Å². The largest absolute Gasteiger partial charge is 0.496 e. The lowest BCUT2D eigenvalue weighted by Gasteiger charge is -2.12. The molecule has 0 amide bonds. The monoisotopic (exact) mass is 568 g/mol. The Balaban J connectivity index is 0.000000328. The first kappa shape index (κ1) is 36.5. The number of hydrogen-bond donors (Lipinski definition) is 0. The van der Waals surface area contributed by atoms with Crippen LogP contribution in [0, 0.1) is 20.8 Å². The summed E-state index contributed by atoms with van der Waals surface area (Å²) < 4.78 is 10.5. The van der Waals surface area contributed by atoms with Crippen molar-refractivity contribution < 1.29 is 9.47 Å². The molecular weight excluding hydrogens is 512 g/mol. The maximum Gasteiger partial charge on any atom is 0.126 e. The quantitative estimate of drug-likeness (QED) is 0.229. The van der Waals surface area contributed by atoms with Gasteiger partial charge in [-0.25, -0.2) is 0 Å². The van der Waals surface area contributed by atoms with Gasteiger partial charge in [-0.15, -0.1) is 0 Å². The van der Waals surface area contributed by atoms with Crippen LogP contribution in [0.25, 0.3) is 18.2 Å². The summed E-state index contributed by atoms with van der Waals surface area (Å²) in [6, 6.07) is 17.3. The third-order valence-electron chi connectivity index (χ3n) is 7.07. The molecule has 42 heavy (non-hydrogen) atoms. The minimum Gasteiger partial charge on any atom is -0.496 e. The highest BCUT2D eigenvalue weighted by atomic mass is 16.5. The fraction of sp³-hybridized carbons (Fsp3) is 0.400. The number of unbranched alkanes of at least 4 members (excludes halogenated alkanes) is 2. The summed E-state index contributed by atoms with van der Waals surface area (Å²) >= 11 is 0. The molecule has 3 aromatic carbocycles. The maximum atomic E-state index is 5.27. The third kappa shape index (κ3) is 13.0. The highest BCUT2D eigenvalue weighted by Gasteiger charge is 2.06. The van der Waals surface area contributed by atoms with E-state index in [1.807, 2.05) is 51.1 Å². The molecule has 0 aliphatic heterocycles. The van der Waals surface area contributed by atoms with E-state index in [1.165, 1.54) is 71.9 Å². The Kier molecular flexibility index (Phi) is 18.4. The minimum atomic E-state index is 0.876. The number of hydrogen-bond acceptors (Lipinski definition) is 2. The first-order chi connectivity index (χ1) is 20.3. The van der Waals surface area contributed by atoms with Gasteiger partial charge in [-0.2, -0.15) is 0 Å². The van der Waals surface area contributed by atoms with Crippen molar-refractivity contribution in [3.63, 3.8) is 0 Å². The molecule has 0 saturated heterocycles. The van der Waals surface area contributed by atoms with Gasteiger partial charge in [0.15, 0.2) is 0 Å². The molecule has 228 valence electrons. The van der Waals surface area contributed by atoms with Crippen molar-refractivity contribution in [3.8, 4) is 11.5 Å². The fourth-order valence-corrected chi connectivity index (χ4v) is 4.64. The van der Waals surface area contributed by atoms with Crippen LogP contribution < -0.4 is 9.47 Å². The minimum absolute atomic E-state index is 0.876. The second kappa shape index (κ2) is 21.2. The first-order valence-corrected chi connectivity index (χ1v) is 15.6. The van der Waals surface area contributed by atoms with Crippen LogP contribution in [0.4, 0.5) is 0 Å². The van der Waals surface area contributed by atoms with E-state index in [-0.39, 0.29) is 0 Å². The molecule has 0 radical (unpaired) electrons. The second-order valence-electron chi connectivity index (χ2n) is 10.7. The number of rotatable bonds is 11. The summed E-state index contributed by atoms with van der Waals surface area (Å²) in [6.07, 6.45) is 20.1. The molecule has 3 aromatic rings. The Morgan fingerprint density at radius 3 is 1.64 bits per heavy atom. The Bertz CT molecular complexity index is 1260. The van der Waals surface area contributed by atoms with Crippen molar-refractivity contribution in [2.45, 2.75) is 93.9 Å². The van der Waals surface area contributed by atoms with Crippen LogP contribution in [0.5, 0.6) is 11.5 Å². The van der Waals surface area contributed by atoms with E-state index >= 15 is 0 Å². The summed E-state index contributed by atoms with van der Waals surface area (Å²) in [5.41, 5.74) is 10.7. The lowest BCUT2D eigenvalue weighted by molar-refractivity contribution is 0.400. The van der Waals surface area contributed by atoms with Crippen LogP contribution in [0.1, 0.15) is 105 Å². The van der Waals surface area contributed by atoms with Gasteiger partial charge in [0.2, 0.25) is 0 Å². The number of ether oxygens (including phenoxy) is 2. The van der Waals surface area contributed by atoms with E-state index in [0.29, 0.717) is 0 Å². The lowest BCUT2D eigenvalue weighted by atomic mass is 9.93. The average Bonchev–Trinajstić information content (AvgIpc) is 2.99. The van der Waals surface area contributed by atoms with E-state index in [2.05, 4.69) is 89.2 Å². The van der Waals surface area contributed by atoms with E-state index in [1.54, 1.807) is 14.2 Å². The average molecular weight is 569 g/mol. The smallest absolute Gasteiger partial charge is 0.126 e. The number of methoxy groups -OCH3 is 2. The molecule has 0 aliphatic rings. The zero-order valence-electron chi connectivity index (χ0n) is 28.1. The molecule has 0 unspecified atom stereocenters. The van der Waals surface area contributed by atoms with Crippen molar-refractivity contribution in [3.05, 3.63) is 111 Å². The molecule has 0 bridgehead atoms. The predicted octanol–water partition coefficient (Wildman–Crippen LogP) is 11.8. The molecule has 0 N–H and O–H groups in total. The zero-order valence-corrected chi connectivity index (χ0v) is 28.1. The van der Waals surface area contributed by atoms with Crippen molar-refractivity contribution in [1.29, 1.82) is 0 Å². The maximum absolute atomic E-state index is 5.27. The molecule has 0 aromatic heterocycles. The van der Waals surface area contributed by atoms with Crippen LogP contribution in [0.15, 0.2) is 66.8 Å². The van der Waals surface area contributed by atoms with E-state index in [0.717, 1.165) is 22.6 Å². The summed E-state index contributed by atoms with van der Waals surface area (Å²) in [6.45, 7) is 17.0. The molecule has 0 aliphatic carbocycles. The van der Waals surface area contributed by atoms with E-state index in [4.69, 9.17) is 9.47 Å². The normalized spacial score (nSPS) is 10.9. The van der Waals surface area contributed by atoms with Crippen molar-refractivity contribution in [2.75, 3.05) is 14.2 Å². The molecule has 0 heterocycles. The summed E-state index contributed by atoms with van der Waals surface area (Å²) in [5, 5.41) is 0. The topological polar surface area (TPSA) is 18.5 Å². The van der Waals surface area contributed by atoms with Crippen molar-refractivity contribution in [2.24, 2.45) is 0 Å². The Labute approximate surface area is 258 Å². The van der Waals surface area contributed by atoms with E-state index in [9.17, 15) is 0 Å². The molecule has 2 heteroatoms. The van der Waals surface area contributed by atoms with Crippen LogP contribution in [0.3, 0.4) is 0 Å². The standard InChI is InChI=1S/C18H28.C12H16O2.C10H12/c1-5-8-11-16-14-17(10-7-3)18(12-9-6-2)13-15(16)4;1-5-6-10-8-11(13-3)9(2)7-12(10)14-4;1-3-4-10-7-5-9(2)6-8-10/h7,10,13-14H,5-6,8-9,11-12H2,1-4H3;5-8H,1-4H3;3-8H,1-2H3/b10-7+;6-5+;4-3-. The molecule has 2 nitrogen and oxygen atoms in total. The van der Waals surface area contributed by atoms with Gasteiger partial charge in [-0.05, 0) is 113 Å². The Hall–Kier alpha value is -3.52. The van der Waals surface area contributed by atoms with Gasteiger partial charge in [-0.1, -0.05) is 105 Å². The van der Waals surface area contributed by atoms with Crippen LogP contribution >= 0.6 is 0 Å². The summed E-state index contributed by atoms with van der Waals surface area (Å²) in [7, 11) is 3.35. The first-order valence-electron chi connectivity index (χ1n) is 15.6. The highest BCUT2D eigenvalue weighted by molar-refractivity contribution is 5.61. The Morgan fingerprint density at radius 1 is 0.571 bits per heavy atom. The van der Waals surface area contributed by atoms with Gasteiger partial charge in [0, 0.05) is 5.56 Å². The fourth-order valence-electron chi connectivity index (χ4n) is 4.64. The highest BCUT2D eigenvalue weighted by Crippen LogP contribution is 2.29. The van der Waals surface area contributed by atoms with Crippen molar-refractivity contribution in [1.82, 2.24) is 0 Å². The zero-order chi connectivity index (χ0) is 31.3. The predicted molar refractivity (Wildman–Crippen MR) is 188 cm³/mol. The Morgan fingerprint density at radius 2 is 1.12 bits per heavy atom. The summed E-state index contributed by atoms with van der Waals surface area (Å²) in [5.74, 6) is 1.76. The molecule has 0 saturated carbocycles. The van der Waals surface area contributed by atoms with E-state index < -0.39 is 0 Å². The van der Waals surface area contributed by atoms with Gasteiger partial charge in [0.25, 0.3) is 0 Å². The SMILES string of the molecule is C/C=C/c1cc(CCCC)c(C)cc1CCCC.C/C=C/c1cc(OC)c(C)cc1OC.C/C=C\c1ccc(C)cc1. The molecular formula is C40H56O2. The molecule has 0 atom stereocenters. The second-order valence-corrected chi connectivity index (χ2v) is 10.7. The van der Waals surface area contributed by atoms with Crippen LogP contribution in [-0.4, -0.2) is 14.2 Å².